The Morgan fingerprint density at radius 2 is 1.90 bits per heavy atom. The zero-order valence-corrected chi connectivity index (χ0v) is 12.6. The van der Waals surface area contributed by atoms with Crippen LogP contribution in [0.2, 0.25) is 0 Å². The molecule has 2 N–H and O–H groups in total. The van der Waals surface area contributed by atoms with E-state index in [1.54, 1.807) is 6.92 Å². The Balaban J connectivity index is 2.15. The Morgan fingerprint density at radius 1 is 1.25 bits per heavy atom. The number of hydrogen-bond donors (Lipinski definition) is 2. The summed E-state index contributed by atoms with van der Waals surface area (Å²) in [5.74, 6) is 0.115. The van der Waals surface area contributed by atoms with Crippen molar-refractivity contribution >= 4 is 5.78 Å². The maximum absolute atomic E-state index is 12.1. The van der Waals surface area contributed by atoms with Crippen LogP contribution in [0.5, 0.6) is 0 Å². The summed E-state index contributed by atoms with van der Waals surface area (Å²) in [6.45, 7) is 9.37. The monoisotopic (exact) mass is 277 g/mol. The molecule has 0 radical (unpaired) electrons. The topological polar surface area (TPSA) is 44.4 Å². The molecular weight excluding hydrogens is 250 g/mol. The van der Waals surface area contributed by atoms with Crippen LogP contribution in [0.3, 0.4) is 0 Å². The van der Waals surface area contributed by atoms with E-state index in [1.807, 2.05) is 6.08 Å². The zero-order valence-electron chi connectivity index (χ0n) is 12.6. The molecule has 2 fully saturated rings. The summed E-state index contributed by atoms with van der Waals surface area (Å²) >= 11 is 0. The van der Waals surface area contributed by atoms with Crippen LogP contribution in [-0.2, 0) is 4.79 Å². The van der Waals surface area contributed by atoms with Crippen molar-refractivity contribution in [1.29, 1.82) is 0 Å². The number of piperazine rings is 1. The van der Waals surface area contributed by atoms with Crippen molar-refractivity contribution in [1.82, 2.24) is 15.5 Å². The lowest BCUT2D eigenvalue weighted by Gasteiger charge is -2.33. The Morgan fingerprint density at radius 3 is 2.45 bits per heavy atom. The fourth-order valence-corrected chi connectivity index (χ4v) is 3.10. The normalized spacial score (nSPS) is 22.1. The van der Waals surface area contributed by atoms with Gasteiger partial charge in [0.2, 0.25) is 0 Å². The third kappa shape index (κ3) is 3.85. The van der Waals surface area contributed by atoms with Crippen LogP contribution in [0.15, 0.2) is 24.0 Å². The molecule has 1 aliphatic heterocycles. The van der Waals surface area contributed by atoms with Gasteiger partial charge in [0.25, 0.3) is 0 Å². The number of ketones is 1. The van der Waals surface area contributed by atoms with Crippen LogP contribution in [-0.4, -0.2) is 42.9 Å². The molecule has 0 spiro atoms. The molecule has 0 aromatic carbocycles. The summed E-state index contributed by atoms with van der Waals surface area (Å²) in [7, 11) is 0. The van der Waals surface area contributed by atoms with Crippen LogP contribution in [0, 0.1) is 0 Å². The van der Waals surface area contributed by atoms with E-state index < -0.39 is 0 Å². The van der Waals surface area contributed by atoms with E-state index in [0.717, 1.165) is 37.6 Å². The van der Waals surface area contributed by atoms with E-state index in [4.69, 9.17) is 0 Å². The minimum atomic E-state index is 0.115. The average Bonchev–Trinajstić information content (AvgIpc) is 2.49. The van der Waals surface area contributed by atoms with Gasteiger partial charge in [-0.15, -0.1) is 0 Å². The second kappa shape index (κ2) is 7.48. The van der Waals surface area contributed by atoms with Crippen molar-refractivity contribution < 1.29 is 4.79 Å². The van der Waals surface area contributed by atoms with Gasteiger partial charge in [0.15, 0.2) is 5.78 Å². The van der Waals surface area contributed by atoms with Crippen molar-refractivity contribution in [3.63, 3.8) is 0 Å². The van der Waals surface area contributed by atoms with Gasteiger partial charge >= 0.3 is 0 Å². The molecule has 4 nitrogen and oxygen atoms in total. The molecule has 4 heteroatoms. The molecule has 0 aromatic rings. The Labute approximate surface area is 122 Å². The molecule has 0 aromatic heterocycles. The van der Waals surface area contributed by atoms with Gasteiger partial charge in [-0.25, -0.2) is 0 Å². The predicted octanol–water partition coefficient (Wildman–Crippen LogP) is 1.80. The minimum absolute atomic E-state index is 0.115. The quantitative estimate of drug-likeness (QED) is 0.594. The van der Waals surface area contributed by atoms with E-state index in [9.17, 15) is 4.79 Å². The van der Waals surface area contributed by atoms with Crippen molar-refractivity contribution in [2.24, 2.45) is 0 Å². The number of nitrogens with zero attached hydrogens (tertiary/aromatic N) is 1. The first kappa shape index (κ1) is 15.1. The average molecular weight is 277 g/mol. The van der Waals surface area contributed by atoms with Gasteiger partial charge in [-0.05, 0) is 18.9 Å². The molecule has 20 heavy (non-hydrogen) atoms. The van der Waals surface area contributed by atoms with Crippen molar-refractivity contribution in [2.75, 3.05) is 26.2 Å². The number of hydrogen-bond acceptors (Lipinski definition) is 4. The van der Waals surface area contributed by atoms with E-state index in [-0.39, 0.29) is 5.78 Å². The molecule has 0 amide bonds. The molecule has 1 saturated heterocycles. The lowest BCUT2D eigenvalue weighted by Crippen LogP contribution is -2.44. The number of carbonyl (C=O) groups excluding carboxylic acids is 1. The second-order valence-corrected chi connectivity index (χ2v) is 5.74. The number of carbonyl (C=O) groups is 1. The predicted molar refractivity (Wildman–Crippen MR) is 82.4 cm³/mol. The standard InChI is InChI=1S/C16H27N3O/c1-3-15(19-11-9-17-10-12-19)16(13(2)20)18-14-7-5-4-6-8-14/h3,14,17-18H,1,4-12H2,2H3/b16-15-. The summed E-state index contributed by atoms with van der Waals surface area (Å²) in [5.41, 5.74) is 1.73. The van der Waals surface area contributed by atoms with Crippen molar-refractivity contribution in [2.45, 2.75) is 45.1 Å². The van der Waals surface area contributed by atoms with Crippen LogP contribution in [0.25, 0.3) is 0 Å². The smallest absolute Gasteiger partial charge is 0.177 e. The summed E-state index contributed by atoms with van der Waals surface area (Å²) in [6.07, 6.45) is 8.02. The first-order valence-electron chi connectivity index (χ1n) is 7.82. The van der Waals surface area contributed by atoms with E-state index in [2.05, 4.69) is 22.1 Å². The van der Waals surface area contributed by atoms with E-state index in [0.29, 0.717) is 6.04 Å². The van der Waals surface area contributed by atoms with Gasteiger partial charge in [-0.1, -0.05) is 25.8 Å². The Hall–Kier alpha value is -1.29. The van der Waals surface area contributed by atoms with Crippen LogP contribution in [0.1, 0.15) is 39.0 Å². The highest BCUT2D eigenvalue weighted by Gasteiger charge is 2.21. The maximum atomic E-state index is 12.1. The molecule has 1 saturated carbocycles. The molecule has 2 rings (SSSR count). The molecule has 1 aliphatic carbocycles. The van der Waals surface area contributed by atoms with E-state index in [1.165, 1.54) is 32.1 Å². The van der Waals surface area contributed by atoms with Gasteiger partial charge in [-0.2, -0.15) is 0 Å². The SMILES string of the molecule is C=C/C(=C(/NC1CCCCC1)C(C)=O)N1CCNCC1. The van der Waals surface area contributed by atoms with Gasteiger partial charge in [-0.3, -0.25) is 4.79 Å². The molecule has 0 atom stereocenters. The highest BCUT2D eigenvalue weighted by molar-refractivity contribution is 5.93. The second-order valence-electron chi connectivity index (χ2n) is 5.74. The van der Waals surface area contributed by atoms with Crippen molar-refractivity contribution in [3.05, 3.63) is 24.0 Å². The summed E-state index contributed by atoms with van der Waals surface area (Å²) in [6, 6.07) is 0.445. The lowest BCUT2D eigenvalue weighted by molar-refractivity contribution is -0.114. The minimum Gasteiger partial charge on any atom is -0.378 e. The van der Waals surface area contributed by atoms with Crippen LogP contribution < -0.4 is 10.6 Å². The van der Waals surface area contributed by atoms with Gasteiger partial charge in [0, 0.05) is 39.1 Å². The highest BCUT2D eigenvalue weighted by atomic mass is 16.1. The first-order valence-corrected chi connectivity index (χ1v) is 7.82. The molecule has 0 bridgehead atoms. The maximum Gasteiger partial charge on any atom is 0.177 e. The highest BCUT2D eigenvalue weighted by Crippen LogP contribution is 2.20. The Kier molecular flexibility index (Phi) is 5.65. The van der Waals surface area contributed by atoms with E-state index >= 15 is 0 Å². The molecular formula is C16H27N3O. The largest absolute Gasteiger partial charge is 0.378 e. The molecule has 2 aliphatic rings. The van der Waals surface area contributed by atoms with Gasteiger partial charge in [0.05, 0.1) is 5.70 Å². The molecule has 112 valence electrons. The zero-order chi connectivity index (χ0) is 14.4. The van der Waals surface area contributed by atoms with Crippen LogP contribution in [0.4, 0.5) is 0 Å². The third-order valence-corrected chi connectivity index (χ3v) is 4.21. The summed E-state index contributed by atoms with van der Waals surface area (Å²) in [4.78, 5) is 14.3. The molecule has 0 unspecified atom stereocenters. The number of rotatable bonds is 5. The fourth-order valence-electron chi connectivity index (χ4n) is 3.10. The molecule has 1 heterocycles. The number of allylic oxidation sites excluding steroid dienone is 2. The fraction of sp³-hybridized carbons (Fsp3) is 0.688. The third-order valence-electron chi connectivity index (χ3n) is 4.21. The lowest BCUT2D eigenvalue weighted by atomic mass is 9.95. The first-order chi connectivity index (χ1) is 9.72. The van der Waals surface area contributed by atoms with Gasteiger partial charge in [0.1, 0.15) is 5.70 Å². The van der Waals surface area contributed by atoms with Crippen molar-refractivity contribution in [3.8, 4) is 0 Å². The summed E-state index contributed by atoms with van der Waals surface area (Å²) in [5, 5.41) is 6.84. The Bertz CT molecular complexity index is 377. The number of nitrogens with one attached hydrogen (secondary N) is 2. The van der Waals surface area contributed by atoms with Gasteiger partial charge < -0.3 is 15.5 Å². The summed E-state index contributed by atoms with van der Waals surface area (Å²) < 4.78 is 0. The number of Topliss-reactive ketones (excluding diaryl/α,β-unsaturated/α-hetero) is 1. The van der Waals surface area contributed by atoms with Crippen LogP contribution >= 0.6 is 0 Å².